The summed E-state index contributed by atoms with van der Waals surface area (Å²) < 4.78 is 37.6. The maximum Gasteiger partial charge on any atom is 0.418 e. The maximum absolute atomic E-state index is 12.5. The second-order valence-corrected chi connectivity index (χ2v) is 2.88. The van der Waals surface area contributed by atoms with E-state index >= 15 is 0 Å². The lowest BCUT2D eigenvalue weighted by Crippen LogP contribution is -2.28. The van der Waals surface area contributed by atoms with Crippen LogP contribution in [0, 0.1) is 0 Å². The maximum atomic E-state index is 12.5. The van der Waals surface area contributed by atoms with Crippen molar-refractivity contribution in [1.29, 1.82) is 0 Å². The standard InChI is InChI=1S/C9H9F3N2O2/c1-14(16-2)8(15)7-6(9(10,11)12)4-3-5-13-7/h3-5H,1-2H3. The van der Waals surface area contributed by atoms with E-state index in [4.69, 9.17) is 0 Å². The Bertz CT molecular complexity index is 393. The van der Waals surface area contributed by atoms with Gasteiger partial charge < -0.3 is 0 Å². The van der Waals surface area contributed by atoms with Crippen LogP contribution in [0.25, 0.3) is 0 Å². The summed E-state index contributed by atoms with van der Waals surface area (Å²) in [5.41, 5.74) is -1.76. The molecule has 1 aromatic heterocycles. The van der Waals surface area contributed by atoms with Gasteiger partial charge in [0.05, 0.1) is 12.7 Å². The number of hydrogen-bond donors (Lipinski definition) is 0. The zero-order chi connectivity index (χ0) is 12.3. The first-order chi connectivity index (χ1) is 7.38. The number of carbonyl (C=O) groups excluding carboxylic acids is 1. The van der Waals surface area contributed by atoms with Crippen molar-refractivity contribution in [3.8, 4) is 0 Å². The van der Waals surface area contributed by atoms with E-state index in [9.17, 15) is 18.0 Å². The lowest BCUT2D eigenvalue weighted by Gasteiger charge is -2.16. The average Bonchev–Trinajstić information content (AvgIpc) is 2.26. The Morgan fingerprint density at radius 3 is 2.62 bits per heavy atom. The summed E-state index contributed by atoms with van der Waals surface area (Å²) in [6, 6.07) is 1.91. The molecule has 0 saturated carbocycles. The monoisotopic (exact) mass is 234 g/mol. The number of hydrogen-bond acceptors (Lipinski definition) is 3. The van der Waals surface area contributed by atoms with Crippen molar-refractivity contribution in [3.05, 3.63) is 29.6 Å². The van der Waals surface area contributed by atoms with Gasteiger partial charge in [-0.1, -0.05) is 0 Å². The summed E-state index contributed by atoms with van der Waals surface area (Å²) in [6.45, 7) is 0. The molecule has 0 fully saturated rings. The van der Waals surface area contributed by atoms with Crippen LogP contribution in [0.1, 0.15) is 16.1 Å². The van der Waals surface area contributed by atoms with Crippen LogP contribution in [0.15, 0.2) is 18.3 Å². The van der Waals surface area contributed by atoms with E-state index in [1.165, 1.54) is 14.2 Å². The lowest BCUT2D eigenvalue weighted by molar-refractivity contribution is -0.138. The van der Waals surface area contributed by atoms with E-state index in [1.807, 2.05) is 0 Å². The molecular formula is C9H9F3N2O2. The molecule has 0 unspecified atom stereocenters. The average molecular weight is 234 g/mol. The van der Waals surface area contributed by atoms with Gasteiger partial charge in [-0.3, -0.25) is 14.6 Å². The summed E-state index contributed by atoms with van der Waals surface area (Å²) in [5.74, 6) is -0.949. The zero-order valence-corrected chi connectivity index (χ0v) is 8.58. The number of hydroxylamine groups is 2. The Labute approximate surface area is 89.6 Å². The number of pyridine rings is 1. The van der Waals surface area contributed by atoms with Crippen molar-refractivity contribution >= 4 is 5.91 Å². The molecule has 16 heavy (non-hydrogen) atoms. The highest BCUT2D eigenvalue weighted by Crippen LogP contribution is 2.31. The molecule has 88 valence electrons. The van der Waals surface area contributed by atoms with Crippen LogP contribution in [0.3, 0.4) is 0 Å². The predicted octanol–water partition coefficient (Wildman–Crippen LogP) is 1.73. The van der Waals surface area contributed by atoms with Gasteiger partial charge in [-0.05, 0) is 12.1 Å². The Hall–Kier alpha value is -1.63. The highest BCUT2D eigenvalue weighted by atomic mass is 19.4. The fourth-order valence-corrected chi connectivity index (χ4v) is 1.04. The highest BCUT2D eigenvalue weighted by molar-refractivity contribution is 5.93. The van der Waals surface area contributed by atoms with Crippen LogP contribution in [-0.2, 0) is 11.0 Å². The van der Waals surface area contributed by atoms with E-state index in [1.54, 1.807) is 0 Å². The van der Waals surface area contributed by atoms with Gasteiger partial charge in [-0.2, -0.15) is 13.2 Å². The van der Waals surface area contributed by atoms with Crippen molar-refractivity contribution in [3.63, 3.8) is 0 Å². The molecule has 0 aliphatic rings. The van der Waals surface area contributed by atoms with Crippen LogP contribution < -0.4 is 0 Å². The van der Waals surface area contributed by atoms with Gasteiger partial charge >= 0.3 is 6.18 Å². The van der Waals surface area contributed by atoms with E-state index in [-0.39, 0.29) is 0 Å². The van der Waals surface area contributed by atoms with E-state index < -0.39 is 23.3 Å². The van der Waals surface area contributed by atoms with Crippen molar-refractivity contribution in [2.24, 2.45) is 0 Å². The molecule has 0 radical (unpaired) electrons. The first-order valence-electron chi connectivity index (χ1n) is 4.22. The highest BCUT2D eigenvalue weighted by Gasteiger charge is 2.36. The van der Waals surface area contributed by atoms with Crippen LogP contribution in [0.2, 0.25) is 0 Å². The number of alkyl halides is 3. The van der Waals surface area contributed by atoms with E-state index in [0.717, 1.165) is 18.3 Å². The SMILES string of the molecule is CON(C)C(=O)c1ncccc1C(F)(F)F. The molecule has 1 amide bonds. The van der Waals surface area contributed by atoms with Gasteiger partial charge in [0.2, 0.25) is 0 Å². The third-order valence-corrected chi connectivity index (χ3v) is 1.88. The van der Waals surface area contributed by atoms with Crippen LogP contribution >= 0.6 is 0 Å². The number of nitrogens with zero attached hydrogens (tertiary/aromatic N) is 2. The van der Waals surface area contributed by atoms with Gasteiger partial charge in [0.25, 0.3) is 5.91 Å². The molecule has 0 N–H and O–H groups in total. The molecule has 0 bridgehead atoms. The number of aromatic nitrogens is 1. The largest absolute Gasteiger partial charge is 0.418 e. The second-order valence-electron chi connectivity index (χ2n) is 2.88. The fraction of sp³-hybridized carbons (Fsp3) is 0.333. The number of carbonyl (C=O) groups is 1. The summed E-state index contributed by atoms with van der Waals surface area (Å²) in [4.78, 5) is 19.4. The van der Waals surface area contributed by atoms with Gasteiger partial charge in [-0.25, -0.2) is 5.06 Å². The van der Waals surface area contributed by atoms with Gasteiger partial charge in [-0.15, -0.1) is 0 Å². The van der Waals surface area contributed by atoms with Crippen LogP contribution in [0.5, 0.6) is 0 Å². The Balaban J connectivity index is 3.19. The minimum absolute atomic E-state index is 0.678. The third kappa shape index (κ3) is 2.48. The topological polar surface area (TPSA) is 42.4 Å². The molecule has 1 heterocycles. The Kier molecular flexibility index (Phi) is 3.48. The number of rotatable bonds is 2. The molecular weight excluding hydrogens is 225 g/mol. The molecule has 0 spiro atoms. The summed E-state index contributed by atoms with van der Waals surface area (Å²) >= 11 is 0. The number of halogens is 3. The third-order valence-electron chi connectivity index (χ3n) is 1.88. The van der Waals surface area contributed by atoms with Crippen LogP contribution in [-0.4, -0.2) is 30.1 Å². The summed E-state index contributed by atoms with van der Waals surface area (Å²) in [7, 11) is 2.38. The minimum Gasteiger partial charge on any atom is -0.274 e. The molecule has 1 aromatic rings. The second kappa shape index (κ2) is 4.48. The van der Waals surface area contributed by atoms with Gasteiger partial charge in [0, 0.05) is 13.2 Å². The zero-order valence-electron chi connectivity index (χ0n) is 8.58. The molecule has 0 atom stereocenters. The van der Waals surface area contributed by atoms with E-state index in [0.29, 0.717) is 5.06 Å². The number of amides is 1. The van der Waals surface area contributed by atoms with Crippen molar-refractivity contribution in [2.45, 2.75) is 6.18 Å². The molecule has 7 heteroatoms. The summed E-state index contributed by atoms with van der Waals surface area (Å²) in [5, 5.41) is 0.678. The molecule has 0 saturated heterocycles. The van der Waals surface area contributed by atoms with Gasteiger partial charge in [0.1, 0.15) is 5.69 Å². The van der Waals surface area contributed by atoms with Crippen molar-refractivity contribution in [1.82, 2.24) is 10.0 Å². The molecule has 0 aliphatic carbocycles. The summed E-state index contributed by atoms with van der Waals surface area (Å²) in [6.07, 6.45) is -3.50. The van der Waals surface area contributed by atoms with Crippen LogP contribution in [0.4, 0.5) is 13.2 Å². The normalized spacial score (nSPS) is 11.3. The fourth-order valence-electron chi connectivity index (χ4n) is 1.04. The van der Waals surface area contributed by atoms with E-state index in [2.05, 4.69) is 9.82 Å². The molecule has 4 nitrogen and oxygen atoms in total. The van der Waals surface area contributed by atoms with Crippen molar-refractivity contribution in [2.75, 3.05) is 14.2 Å². The molecule has 0 aromatic carbocycles. The quantitative estimate of drug-likeness (QED) is 0.732. The lowest BCUT2D eigenvalue weighted by atomic mass is 10.2. The Morgan fingerprint density at radius 1 is 1.50 bits per heavy atom. The smallest absolute Gasteiger partial charge is 0.274 e. The van der Waals surface area contributed by atoms with Gasteiger partial charge in [0.15, 0.2) is 0 Å². The first-order valence-corrected chi connectivity index (χ1v) is 4.22. The molecule has 1 rings (SSSR count). The van der Waals surface area contributed by atoms with Crippen molar-refractivity contribution < 1.29 is 22.8 Å². The Morgan fingerprint density at radius 2 is 2.12 bits per heavy atom. The predicted molar refractivity (Wildman–Crippen MR) is 48.3 cm³/mol. The first kappa shape index (κ1) is 12.4. The minimum atomic E-state index is -4.62. The molecule has 0 aliphatic heterocycles.